The average Bonchev–Trinajstić information content (AvgIpc) is 3.38. The van der Waals surface area contributed by atoms with Crippen LogP contribution in [0.4, 0.5) is 0 Å². The molecule has 1 saturated heterocycles. The maximum Gasteiger partial charge on any atom is 0.253 e. The van der Waals surface area contributed by atoms with Gasteiger partial charge in [-0.05, 0) is 42.5 Å². The van der Waals surface area contributed by atoms with E-state index in [9.17, 15) is 4.79 Å². The topological polar surface area (TPSA) is 62.2 Å². The van der Waals surface area contributed by atoms with Gasteiger partial charge in [0.25, 0.3) is 5.91 Å². The second-order valence-corrected chi connectivity index (χ2v) is 8.68. The minimum Gasteiger partial charge on any atom is -0.493 e. The summed E-state index contributed by atoms with van der Waals surface area (Å²) in [6, 6.07) is 17.7. The number of nitrogens with zero attached hydrogens (tertiary/aromatic N) is 2. The van der Waals surface area contributed by atoms with E-state index >= 15 is 0 Å². The van der Waals surface area contributed by atoms with Crippen LogP contribution in [0.3, 0.4) is 0 Å². The van der Waals surface area contributed by atoms with Gasteiger partial charge in [-0.15, -0.1) is 0 Å². The number of likely N-dealkylation sites (tertiary alicyclic amines) is 1. The van der Waals surface area contributed by atoms with Gasteiger partial charge >= 0.3 is 0 Å². The molecule has 2 aliphatic heterocycles. The lowest BCUT2D eigenvalue weighted by Gasteiger charge is -2.45. The predicted molar refractivity (Wildman–Crippen MR) is 128 cm³/mol. The van der Waals surface area contributed by atoms with Crippen LogP contribution >= 0.6 is 0 Å². The molecule has 1 fully saturated rings. The number of carbonyl (C=O) groups is 1. The summed E-state index contributed by atoms with van der Waals surface area (Å²) >= 11 is 0. The second-order valence-electron chi connectivity index (χ2n) is 8.68. The van der Waals surface area contributed by atoms with Crippen LogP contribution in [0, 0.1) is 0 Å². The Morgan fingerprint density at radius 3 is 2.62 bits per heavy atom. The summed E-state index contributed by atoms with van der Waals surface area (Å²) in [5, 5.41) is 0. The fourth-order valence-corrected chi connectivity index (χ4v) is 4.88. The van der Waals surface area contributed by atoms with Crippen molar-refractivity contribution in [3.05, 3.63) is 72.1 Å². The Labute approximate surface area is 199 Å². The minimum absolute atomic E-state index is 0.00863. The Kier molecular flexibility index (Phi) is 6.20. The molecule has 0 aliphatic carbocycles. The number of piperidine rings is 1. The largest absolute Gasteiger partial charge is 0.493 e. The van der Waals surface area contributed by atoms with Crippen molar-refractivity contribution in [3.63, 3.8) is 0 Å². The van der Waals surface area contributed by atoms with E-state index in [0.29, 0.717) is 43.4 Å². The van der Waals surface area contributed by atoms with Gasteiger partial charge < -0.3 is 28.4 Å². The zero-order valence-corrected chi connectivity index (χ0v) is 19.7. The molecule has 0 saturated carbocycles. The fourth-order valence-electron chi connectivity index (χ4n) is 4.88. The van der Waals surface area contributed by atoms with Gasteiger partial charge in [-0.3, -0.25) is 4.79 Å². The molecule has 7 heteroatoms. The highest BCUT2D eigenvalue weighted by Gasteiger charge is 2.44. The number of amides is 1. The van der Waals surface area contributed by atoms with Crippen LogP contribution in [0.5, 0.6) is 17.2 Å². The number of benzene rings is 2. The highest BCUT2D eigenvalue weighted by molar-refractivity contribution is 5.95. The first-order chi connectivity index (χ1) is 16.6. The number of methoxy groups -OCH3 is 2. The Balaban J connectivity index is 1.29. The Morgan fingerprint density at radius 2 is 1.82 bits per heavy atom. The summed E-state index contributed by atoms with van der Waals surface area (Å²) in [5.41, 5.74) is 2.38. The molecule has 0 radical (unpaired) electrons. The molecule has 3 aromatic rings. The quantitative estimate of drug-likeness (QED) is 0.487. The van der Waals surface area contributed by atoms with Crippen molar-refractivity contribution in [2.75, 3.05) is 40.5 Å². The summed E-state index contributed by atoms with van der Waals surface area (Å²) in [7, 11) is 3.25. The molecule has 3 heterocycles. The van der Waals surface area contributed by atoms with E-state index in [2.05, 4.69) is 29.0 Å². The Bertz CT molecular complexity index is 1160. The van der Waals surface area contributed by atoms with E-state index < -0.39 is 5.60 Å². The summed E-state index contributed by atoms with van der Waals surface area (Å²) in [4.78, 5) is 15.2. The molecule has 34 heavy (non-hydrogen) atoms. The number of ether oxygens (including phenoxy) is 4. The third-order valence-electron chi connectivity index (χ3n) is 6.66. The van der Waals surface area contributed by atoms with Gasteiger partial charge in [-0.2, -0.15) is 0 Å². The molecule has 0 unspecified atom stereocenters. The lowest BCUT2D eigenvalue weighted by Crippen LogP contribution is -2.50. The lowest BCUT2D eigenvalue weighted by molar-refractivity contribution is -0.00931. The molecule has 1 amide bonds. The maximum atomic E-state index is 13.3. The van der Waals surface area contributed by atoms with Gasteiger partial charge in [0.2, 0.25) is 0 Å². The molecular weight excluding hydrogens is 432 g/mol. The van der Waals surface area contributed by atoms with Gasteiger partial charge in [-0.25, -0.2) is 0 Å². The summed E-state index contributed by atoms with van der Waals surface area (Å²) in [6.07, 6.45) is 4.33. The Morgan fingerprint density at radius 1 is 1.00 bits per heavy atom. The molecule has 0 atom stereocenters. The van der Waals surface area contributed by atoms with E-state index in [0.717, 1.165) is 36.4 Å². The van der Waals surface area contributed by atoms with Crippen molar-refractivity contribution in [3.8, 4) is 22.9 Å². The monoisotopic (exact) mass is 462 g/mol. The normalized spacial score (nSPS) is 15.9. The lowest BCUT2D eigenvalue weighted by atomic mass is 9.86. The number of carbonyl (C=O) groups excluding carboxylic acids is 1. The van der Waals surface area contributed by atoms with E-state index in [4.69, 9.17) is 18.9 Å². The molecule has 0 N–H and O–H groups in total. The third-order valence-corrected chi connectivity index (χ3v) is 6.66. The van der Waals surface area contributed by atoms with Gasteiger partial charge in [-0.1, -0.05) is 12.1 Å². The second kappa shape index (κ2) is 9.43. The van der Waals surface area contributed by atoms with E-state index in [1.54, 1.807) is 32.4 Å². The summed E-state index contributed by atoms with van der Waals surface area (Å²) in [5.74, 6) is 2.06. The predicted octanol–water partition coefficient (Wildman–Crippen LogP) is 4.43. The van der Waals surface area contributed by atoms with Gasteiger partial charge in [0.1, 0.15) is 5.75 Å². The van der Waals surface area contributed by atoms with Gasteiger partial charge in [0.05, 0.1) is 25.1 Å². The molecule has 1 aromatic heterocycles. The SMILES string of the molecule is COCCCOc1ccc(C(=O)N2CCC3(CC2)Oc2ccccc2-n2cccc23)cc1OC. The summed E-state index contributed by atoms with van der Waals surface area (Å²) in [6.45, 7) is 2.39. The zero-order chi connectivity index (χ0) is 23.5. The van der Waals surface area contributed by atoms with E-state index in [1.807, 2.05) is 23.1 Å². The van der Waals surface area contributed by atoms with Crippen molar-refractivity contribution in [1.82, 2.24) is 9.47 Å². The van der Waals surface area contributed by atoms with Crippen molar-refractivity contribution < 1.29 is 23.7 Å². The van der Waals surface area contributed by atoms with Gasteiger partial charge in [0.15, 0.2) is 17.1 Å². The molecular formula is C27H30N2O5. The van der Waals surface area contributed by atoms with Crippen LogP contribution in [0.15, 0.2) is 60.8 Å². The van der Waals surface area contributed by atoms with Crippen molar-refractivity contribution in [2.45, 2.75) is 24.9 Å². The zero-order valence-electron chi connectivity index (χ0n) is 19.7. The van der Waals surface area contributed by atoms with Crippen LogP contribution in [0.25, 0.3) is 5.69 Å². The first-order valence-corrected chi connectivity index (χ1v) is 11.7. The highest BCUT2D eigenvalue weighted by atomic mass is 16.5. The highest BCUT2D eigenvalue weighted by Crippen LogP contribution is 2.45. The maximum absolute atomic E-state index is 13.3. The van der Waals surface area contributed by atoms with Crippen LogP contribution in [-0.4, -0.2) is 55.9 Å². The number of fused-ring (bicyclic) bond motifs is 4. The van der Waals surface area contributed by atoms with Crippen molar-refractivity contribution >= 4 is 5.91 Å². The Hall–Kier alpha value is -3.45. The molecule has 0 bridgehead atoms. The minimum atomic E-state index is -0.424. The fraction of sp³-hybridized carbons (Fsp3) is 0.370. The molecule has 5 rings (SSSR count). The van der Waals surface area contributed by atoms with Crippen molar-refractivity contribution in [1.29, 1.82) is 0 Å². The molecule has 2 aliphatic rings. The number of rotatable bonds is 7. The average molecular weight is 463 g/mol. The van der Waals surface area contributed by atoms with Crippen molar-refractivity contribution in [2.24, 2.45) is 0 Å². The molecule has 1 spiro atoms. The number of hydrogen-bond acceptors (Lipinski definition) is 5. The van der Waals surface area contributed by atoms with Crippen LogP contribution in [0.2, 0.25) is 0 Å². The molecule has 178 valence electrons. The van der Waals surface area contributed by atoms with Crippen LogP contribution in [-0.2, 0) is 10.3 Å². The number of hydrogen-bond donors (Lipinski definition) is 0. The smallest absolute Gasteiger partial charge is 0.253 e. The number of aromatic nitrogens is 1. The third kappa shape index (κ3) is 4.01. The standard InChI is InChI=1S/C27H30N2O5/c1-31-17-6-18-33-23-11-10-20(19-24(23)32-2)26(30)28-15-12-27(13-16-28)25-9-5-14-29(25)21-7-3-4-8-22(21)34-27/h3-5,7-11,14,19H,6,12-13,15-18H2,1-2H3. The number of para-hydroxylation sites is 2. The first kappa shape index (κ1) is 22.3. The first-order valence-electron chi connectivity index (χ1n) is 11.7. The van der Waals surface area contributed by atoms with E-state index in [1.165, 1.54) is 0 Å². The molecule has 7 nitrogen and oxygen atoms in total. The van der Waals surface area contributed by atoms with Crippen LogP contribution in [0.1, 0.15) is 35.3 Å². The van der Waals surface area contributed by atoms with E-state index in [-0.39, 0.29) is 5.91 Å². The summed E-state index contributed by atoms with van der Waals surface area (Å²) < 4.78 is 25.1. The van der Waals surface area contributed by atoms with Gasteiger partial charge in [0, 0.05) is 57.8 Å². The van der Waals surface area contributed by atoms with Crippen LogP contribution < -0.4 is 14.2 Å². The molecule has 2 aromatic carbocycles.